The van der Waals surface area contributed by atoms with Crippen LogP contribution in [-0.2, 0) is 0 Å². The Morgan fingerprint density at radius 3 is 2.92 bits per heavy atom. The van der Waals surface area contributed by atoms with Crippen molar-refractivity contribution in [2.75, 3.05) is 6.54 Å². The summed E-state index contributed by atoms with van der Waals surface area (Å²) in [6.45, 7) is 3.59. The number of allylic oxidation sites excluding steroid dienone is 1. The predicted octanol–water partition coefficient (Wildman–Crippen LogP) is 2.48. The minimum absolute atomic E-state index is 0.769. The summed E-state index contributed by atoms with van der Waals surface area (Å²) in [6, 6.07) is 0.769. The Morgan fingerprint density at radius 2 is 2.17 bits per heavy atom. The molecule has 1 heterocycles. The van der Waals surface area contributed by atoms with Crippen LogP contribution in [0.3, 0.4) is 0 Å². The fourth-order valence-corrected chi connectivity index (χ4v) is 2.12. The lowest BCUT2D eigenvalue weighted by Crippen LogP contribution is -2.03. The van der Waals surface area contributed by atoms with Gasteiger partial charge in [-0.15, -0.1) is 0 Å². The molecule has 1 nitrogen and oxygen atoms in total. The molecular formula is C11H19N. The zero-order chi connectivity index (χ0) is 8.39. The second kappa shape index (κ2) is 3.61. The summed E-state index contributed by atoms with van der Waals surface area (Å²) < 4.78 is 0. The van der Waals surface area contributed by atoms with Gasteiger partial charge in [0.2, 0.25) is 0 Å². The van der Waals surface area contributed by atoms with E-state index in [-0.39, 0.29) is 0 Å². The lowest BCUT2D eigenvalue weighted by molar-refractivity contribution is 0.539. The van der Waals surface area contributed by atoms with Crippen LogP contribution in [0.5, 0.6) is 0 Å². The second-order valence-electron chi connectivity index (χ2n) is 4.28. The first kappa shape index (κ1) is 8.31. The van der Waals surface area contributed by atoms with Gasteiger partial charge in [-0.3, -0.25) is 0 Å². The van der Waals surface area contributed by atoms with Crippen molar-refractivity contribution < 1.29 is 0 Å². The van der Waals surface area contributed by atoms with E-state index in [1.165, 1.54) is 38.6 Å². The van der Waals surface area contributed by atoms with Crippen molar-refractivity contribution in [1.29, 1.82) is 0 Å². The van der Waals surface area contributed by atoms with Crippen molar-refractivity contribution in [3.63, 3.8) is 0 Å². The summed E-state index contributed by atoms with van der Waals surface area (Å²) in [5.41, 5.74) is 1.70. The molecule has 0 aromatic heterocycles. The summed E-state index contributed by atoms with van der Waals surface area (Å²) >= 11 is 0. The first-order valence-electron chi connectivity index (χ1n) is 5.30. The van der Waals surface area contributed by atoms with Crippen LogP contribution in [-0.4, -0.2) is 12.6 Å². The molecule has 1 saturated heterocycles. The minimum atomic E-state index is 0.769. The van der Waals surface area contributed by atoms with Crippen molar-refractivity contribution in [2.45, 2.75) is 45.1 Å². The fourth-order valence-electron chi connectivity index (χ4n) is 2.12. The van der Waals surface area contributed by atoms with Gasteiger partial charge in [0.1, 0.15) is 0 Å². The van der Waals surface area contributed by atoms with Crippen LogP contribution in [0, 0.1) is 5.92 Å². The quantitative estimate of drug-likeness (QED) is 0.468. The molecule has 0 aromatic rings. The van der Waals surface area contributed by atoms with Crippen molar-refractivity contribution in [3.8, 4) is 0 Å². The van der Waals surface area contributed by atoms with Gasteiger partial charge in [-0.2, -0.15) is 0 Å². The Bertz CT molecular complexity index is 179. The Kier molecular flexibility index (Phi) is 2.50. The van der Waals surface area contributed by atoms with Crippen molar-refractivity contribution in [3.05, 3.63) is 11.6 Å². The lowest BCUT2D eigenvalue weighted by Gasteiger charge is -2.14. The Morgan fingerprint density at radius 1 is 1.33 bits per heavy atom. The van der Waals surface area contributed by atoms with Crippen LogP contribution in [0.4, 0.5) is 0 Å². The van der Waals surface area contributed by atoms with Crippen LogP contribution in [0.2, 0.25) is 0 Å². The molecule has 1 aliphatic heterocycles. The van der Waals surface area contributed by atoms with Crippen molar-refractivity contribution in [1.82, 2.24) is 5.32 Å². The highest BCUT2D eigenvalue weighted by Crippen LogP contribution is 2.25. The van der Waals surface area contributed by atoms with E-state index in [0.29, 0.717) is 0 Å². The highest BCUT2D eigenvalue weighted by atomic mass is 15.1. The van der Waals surface area contributed by atoms with E-state index in [1.54, 1.807) is 5.57 Å². The molecule has 1 aliphatic carbocycles. The zero-order valence-corrected chi connectivity index (χ0v) is 7.97. The molecule has 0 aromatic carbocycles. The van der Waals surface area contributed by atoms with E-state index in [0.717, 1.165) is 12.0 Å². The highest BCUT2D eigenvalue weighted by Gasteiger charge is 2.25. The standard InChI is InChI=1S/C11H19N/c1-9-5-3-2-4-6-10(7-9)11-8-12-11/h7,9,11-12H,2-6,8H2,1H3/b10-7+. The molecule has 0 saturated carbocycles. The van der Waals surface area contributed by atoms with Gasteiger partial charge in [0.25, 0.3) is 0 Å². The van der Waals surface area contributed by atoms with Crippen LogP contribution in [0.15, 0.2) is 11.6 Å². The minimum Gasteiger partial charge on any atom is -0.307 e. The molecular weight excluding hydrogens is 146 g/mol. The molecule has 2 rings (SSSR count). The SMILES string of the molecule is CC1/C=C(/C2CN2)CCCCC1. The van der Waals surface area contributed by atoms with Crippen LogP contribution in [0.25, 0.3) is 0 Å². The van der Waals surface area contributed by atoms with E-state index in [1.807, 2.05) is 0 Å². The fraction of sp³-hybridized carbons (Fsp3) is 0.818. The third-order valence-corrected chi connectivity index (χ3v) is 2.98. The maximum absolute atomic E-state index is 3.40. The zero-order valence-electron chi connectivity index (χ0n) is 7.97. The summed E-state index contributed by atoms with van der Waals surface area (Å²) in [6.07, 6.45) is 9.55. The lowest BCUT2D eigenvalue weighted by atomic mass is 9.92. The Labute approximate surface area is 75.2 Å². The molecule has 2 aliphatic rings. The largest absolute Gasteiger partial charge is 0.307 e. The molecule has 2 unspecified atom stereocenters. The van der Waals surface area contributed by atoms with Gasteiger partial charge in [-0.1, -0.05) is 31.4 Å². The van der Waals surface area contributed by atoms with Gasteiger partial charge >= 0.3 is 0 Å². The molecule has 0 spiro atoms. The number of nitrogens with one attached hydrogen (secondary N) is 1. The first-order chi connectivity index (χ1) is 5.86. The summed E-state index contributed by atoms with van der Waals surface area (Å²) in [4.78, 5) is 0. The van der Waals surface area contributed by atoms with Gasteiger partial charge in [0.15, 0.2) is 0 Å². The van der Waals surface area contributed by atoms with Crippen molar-refractivity contribution in [2.24, 2.45) is 5.92 Å². The van der Waals surface area contributed by atoms with Gasteiger partial charge in [0.05, 0.1) is 0 Å². The summed E-state index contributed by atoms with van der Waals surface area (Å²) in [5, 5.41) is 3.40. The third-order valence-electron chi connectivity index (χ3n) is 2.98. The van der Waals surface area contributed by atoms with Crippen LogP contribution < -0.4 is 5.32 Å². The van der Waals surface area contributed by atoms with Gasteiger partial charge in [-0.25, -0.2) is 0 Å². The molecule has 1 N–H and O–H groups in total. The number of rotatable bonds is 1. The van der Waals surface area contributed by atoms with E-state index >= 15 is 0 Å². The maximum Gasteiger partial charge on any atom is 0.0406 e. The average molecular weight is 165 g/mol. The molecule has 0 bridgehead atoms. The first-order valence-corrected chi connectivity index (χ1v) is 5.30. The third kappa shape index (κ3) is 2.10. The highest BCUT2D eigenvalue weighted by molar-refractivity contribution is 5.19. The molecule has 0 radical (unpaired) electrons. The van der Waals surface area contributed by atoms with Gasteiger partial charge in [-0.05, 0) is 25.2 Å². The van der Waals surface area contributed by atoms with Gasteiger partial charge in [0, 0.05) is 12.6 Å². The molecule has 1 fully saturated rings. The number of hydrogen-bond acceptors (Lipinski definition) is 1. The Balaban J connectivity index is 1.99. The smallest absolute Gasteiger partial charge is 0.0406 e. The van der Waals surface area contributed by atoms with Crippen molar-refractivity contribution >= 4 is 0 Å². The average Bonchev–Trinajstić information content (AvgIpc) is 2.78. The Hall–Kier alpha value is -0.300. The topological polar surface area (TPSA) is 21.9 Å². The number of hydrogen-bond donors (Lipinski definition) is 1. The second-order valence-corrected chi connectivity index (χ2v) is 4.28. The van der Waals surface area contributed by atoms with E-state index in [9.17, 15) is 0 Å². The van der Waals surface area contributed by atoms with Crippen LogP contribution in [0.1, 0.15) is 39.0 Å². The monoisotopic (exact) mass is 165 g/mol. The van der Waals surface area contributed by atoms with Crippen LogP contribution >= 0.6 is 0 Å². The summed E-state index contributed by atoms with van der Waals surface area (Å²) in [7, 11) is 0. The van der Waals surface area contributed by atoms with Gasteiger partial charge < -0.3 is 5.32 Å². The molecule has 1 heteroatoms. The summed E-state index contributed by atoms with van der Waals surface area (Å²) in [5.74, 6) is 0.822. The molecule has 68 valence electrons. The van der Waals surface area contributed by atoms with E-state index in [4.69, 9.17) is 0 Å². The normalized spacial score (nSPS) is 40.9. The van der Waals surface area contributed by atoms with E-state index in [2.05, 4.69) is 18.3 Å². The van der Waals surface area contributed by atoms with E-state index < -0.39 is 0 Å². The maximum atomic E-state index is 3.40. The molecule has 12 heavy (non-hydrogen) atoms. The molecule has 2 atom stereocenters. The predicted molar refractivity (Wildman–Crippen MR) is 52.1 cm³/mol. The molecule has 0 amide bonds.